The third kappa shape index (κ3) is 6.18. The first-order valence-corrected chi connectivity index (χ1v) is 11.2. The molecule has 1 aromatic heterocycles. The molecule has 0 fully saturated rings. The van der Waals surface area contributed by atoms with Crippen LogP contribution in [-0.4, -0.2) is 38.1 Å². The standard InChI is InChI=1S/C22H22ClN5O3S/c1-4-28-21(17-5-9-18(23)10-6-17)26-27-22(28)32-13-20(30)25-24-14(2)16-7-11-19(12-8-16)31-15(3)29/h5-12H,4,13H2,1-3H3,(H,25,30). The lowest BCUT2D eigenvalue weighted by Gasteiger charge is -2.07. The number of rotatable bonds is 8. The van der Waals surface area contributed by atoms with Gasteiger partial charge in [-0.05, 0) is 67.9 Å². The topological polar surface area (TPSA) is 98.5 Å². The molecule has 0 saturated carbocycles. The van der Waals surface area contributed by atoms with E-state index >= 15 is 0 Å². The third-order valence-corrected chi connectivity index (χ3v) is 5.57. The first-order valence-electron chi connectivity index (χ1n) is 9.81. The van der Waals surface area contributed by atoms with Crippen molar-refractivity contribution >= 4 is 41.0 Å². The maximum atomic E-state index is 12.3. The van der Waals surface area contributed by atoms with E-state index in [0.717, 1.165) is 17.0 Å². The van der Waals surface area contributed by atoms with Crippen molar-refractivity contribution in [3.8, 4) is 17.1 Å². The molecule has 3 rings (SSSR count). The zero-order chi connectivity index (χ0) is 23.1. The van der Waals surface area contributed by atoms with E-state index in [9.17, 15) is 9.59 Å². The summed E-state index contributed by atoms with van der Waals surface area (Å²) in [6.45, 7) is 5.78. The highest BCUT2D eigenvalue weighted by molar-refractivity contribution is 7.99. The van der Waals surface area contributed by atoms with Gasteiger partial charge < -0.3 is 9.30 Å². The number of esters is 1. The van der Waals surface area contributed by atoms with Crippen LogP contribution < -0.4 is 10.2 Å². The Morgan fingerprint density at radius 2 is 1.78 bits per heavy atom. The number of nitrogens with zero attached hydrogens (tertiary/aromatic N) is 4. The highest BCUT2D eigenvalue weighted by Crippen LogP contribution is 2.25. The molecule has 2 aromatic carbocycles. The number of carbonyl (C=O) groups is 2. The van der Waals surface area contributed by atoms with Gasteiger partial charge in [0.05, 0.1) is 11.5 Å². The molecule has 0 aliphatic carbocycles. The Bertz CT molecular complexity index is 1130. The molecule has 3 aromatic rings. The molecule has 1 amide bonds. The van der Waals surface area contributed by atoms with Crippen molar-refractivity contribution in [3.05, 3.63) is 59.1 Å². The summed E-state index contributed by atoms with van der Waals surface area (Å²) in [7, 11) is 0. The van der Waals surface area contributed by atoms with Crippen molar-refractivity contribution in [1.82, 2.24) is 20.2 Å². The molecule has 0 spiro atoms. The van der Waals surface area contributed by atoms with E-state index in [1.165, 1.54) is 18.7 Å². The average Bonchev–Trinajstić information content (AvgIpc) is 3.19. The number of ether oxygens (including phenoxy) is 1. The van der Waals surface area contributed by atoms with Crippen LogP contribution in [0.1, 0.15) is 26.3 Å². The number of hydrogen-bond acceptors (Lipinski definition) is 7. The highest BCUT2D eigenvalue weighted by Gasteiger charge is 2.14. The van der Waals surface area contributed by atoms with Crippen molar-refractivity contribution in [2.75, 3.05) is 5.75 Å². The summed E-state index contributed by atoms with van der Waals surface area (Å²) < 4.78 is 6.95. The van der Waals surface area contributed by atoms with E-state index in [2.05, 4.69) is 20.7 Å². The van der Waals surface area contributed by atoms with Crippen LogP contribution in [0.15, 0.2) is 58.8 Å². The van der Waals surface area contributed by atoms with Gasteiger partial charge in [0.1, 0.15) is 5.75 Å². The Balaban J connectivity index is 1.59. The molecule has 1 N–H and O–H groups in total. The number of hydrazone groups is 1. The fourth-order valence-electron chi connectivity index (χ4n) is 2.80. The molecule has 0 saturated heterocycles. The van der Waals surface area contributed by atoms with Gasteiger partial charge in [-0.15, -0.1) is 10.2 Å². The number of carbonyl (C=O) groups excluding carboxylic acids is 2. The van der Waals surface area contributed by atoms with Crippen LogP contribution in [0.4, 0.5) is 0 Å². The smallest absolute Gasteiger partial charge is 0.308 e. The van der Waals surface area contributed by atoms with Gasteiger partial charge in [0.25, 0.3) is 5.91 Å². The normalized spacial score (nSPS) is 11.3. The van der Waals surface area contributed by atoms with Gasteiger partial charge in [-0.25, -0.2) is 5.43 Å². The van der Waals surface area contributed by atoms with Crippen LogP contribution in [-0.2, 0) is 16.1 Å². The zero-order valence-corrected chi connectivity index (χ0v) is 19.4. The molecule has 0 aliphatic rings. The first kappa shape index (κ1) is 23.5. The summed E-state index contributed by atoms with van der Waals surface area (Å²) in [5.41, 5.74) is 4.88. The van der Waals surface area contributed by atoms with Crippen molar-refractivity contribution in [1.29, 1.82) is 0 Å². The van der Waals surface area contributed by atoms with E-state index in [1.807, 2.05) is 23.6 Å². The van der Waals surface area contributed by atoms with Crippen molar-refractivity contribution in [2.45, 2.75) is 32.5 Å². The third-order valence-electron chi connectivity index (χ3n) is 4.35. The largest absolute Gasteiger partial charge is 0.427 e. The fourth-order valence-corrected chi connectivity index (χ4v) is 3.72. The van der Waals surface area contributed by atoms with Gasteiger partial charge in [-0.2, -0.15) is 5.10 Å². The summed E-state index contributed by atoms with van der Waals surface area (Å²) >= 11 is 7.25. The number of nitrogens with one attached hydrogen (secondary N) is 1. The summed E-state index contributed by atoms with van der Waals surface area (Å²) in [5, 5.41) is 13.9. The maximum Gasteiger partial charge on any atom is 0.308 e. The summed E-state index contributed by atoms with van der Waals surface area (Å²) in [4.78, 5) is 23.3. The number of thioether (sulfide) groups is 1. The van der Waals surface area contributed by atoms with E-state index in [4.69, 9.17) is 16.3 Å². The number of halogens is 1. The lowest BCUT2D eigenvalue weighted by atomic mass is 10.1. The molecule has 1 heterocycles. The minimum absolute atomic E-state index is 0.140. The van der Waals surface area contributed by atoms with Crippen LogP contribution in [0.2, 0.25) is 5.02 Å². The first-order chi connectivity index (χ1) is 15.4. The Morgan fingerprint density at radius 3 is 2.41 bits per heavy atom. The molecule has 0 atom stereocenters. The zero-order valence-electron chi connectivity index (χ0n) is 17.8. The van der Waals surface area contributed by atoms with Gasteiger partial charge in [0.15, 0.2) is 11.0 Å². The second-order valence-corrected chi connectivity index (χ2v) is 8.08. The molecular formula is C22H22ClN5O3S. The van der Waals surface area contributed by atoms with Crippen molar-refractivity contribution in [2.24, 2.45) is 5.10 Å². The van der Waals surface area contributed by atoms with Crippen LogP contribution in [0.25, 0.3) is 11.4 Å². The van der Waals surface area contributed by atoms with Crippen molar-refractivity contribution in [3.63, 3.8) is 0 Å². The monoisotopic (exact) mass is 471 g/mol. The Labute approximate surface area is 195 Å². The second kappa shape index (κ2) is 10.9. The minimum Gasteiger partial charge on any atom is -0.427 e. The molecule has 0 unspecified atom stereocenters. The predicted molar refractivity (Wildman–Crippen MR) is 125 cm³/mol. The molecule has 0 bridgehead atoms. The van der Waals surface area contributed by atoms with Crippen LogP contribution in [0, 0.1) is 0 Å². The number of hydrogen-bond donors (Lipinski definition) is 1. The maximum absolute atomic E-state index is 12.3. The van der Waals surface area contributed by atoms with E-state index < -0.39 is 0 Å². The molecule has 10 heteroatoms. The highest BCUT2D eigenvalue weighted by atomic mass is 35.5. The van der Waals surface area contributed by atoms with Gasteiger partial charge in [-0.3, -0.25) is 9.59 Å². The quantitative estimate of drug-likeness (QED) is 0.174. The molecule has 0 radical (unpaired) electrons. The summed E-state index contributed by atoms with van der Waals surface area (Å²) in [5.74, 6) is 0.670. The van der Waals surface area contributed by atoms with Crippen LogP contribution in [0.3, 0.4) is 0 Å². The van der Waals surface area contributed by atoms with Gasteiger partial charge >= 0.3 is 5.97 Å². The number of amides is 1. The SMILES string of the molecule is CCn1c(SCC(=O)NN=C(C)c2ccc(OC(C)=O)cc2)nnc1-c1ccc(Cl)cc1. The second-order valence-electron chi connectivity index (χ2n) is 6.70. The summed E-state index contributed by atoms with van der Waals surface area (Å²) in [6.07, 6.45) is 0. The fraction of sp³-hybridized carbons (Fsp3) is 0.227. The van der Waals surface area contributed by atoms with Gasteiger partial charge in [0, 0.05) is 24.1 Å². The van der Waals surface area contributed by atoms with E-state index in [0.29, 0.717) is 28.2 Å². The number of aromatic nitrogens is 3. The lowest BCUT2D eigenvalue weighted by molar-refractivity contribution is -0.131. The van der Waals surface area contributed by atoms with E-state index in [-0.39, 0.29) is 17.6 Å². The minimum atomic E-state index is -0.382. The Morgan fingerprint density at radius 1 is 1.09 bits per heavy atom. The van der Waals surface area contributed by atoms with Crippen LogP contribution in [0.5, 0.6) is 5.75 Å². The predicted octanol–water partition coefficient (Wildman–Crippen LogP) is 4.18. The molecular weight excluding hydrogens is 450 g/mol. The van der Waals surface area contributed by atoms with Crippen molar-refractivity contribution < 1.29 is 14.3 Å². The van der Waals surface area contributed by atoms with Gasteiger partial charge in [-0.1, -0.05) is 23.4 Å². The summed E-state index contributed by atoms with van der Waals surface area (Å²) in [6, 6.07) is 14.2. The molecule has 0 aliphatic heterocycles. The Kier molecular flexibility index (Phi) is 8.02. The average molecular weight is 472 g/mol. The number of benzene rings is 2. The molecule has 32 heavy (non-hydrogen) atoms. The van der Waals surface area contributed by atoms with E-state index in [1.54, 1.807) is 43.3 Å². The van der Waals surface area contributed by atoms with Gasteiger partial charge in [0.2, 0.25) is 0 Å². The lowest BCUT2D eigenvalue weighted by Crippen LogP contribution is -2.21. The molecule has 166 valence electrons. The Hall–Kier alpha value is -3.17. The molecule has 8 nitrogen and oxygen atoms in total. The van der Waals surface area contributed by atoms with Crippen LogP contribution >= 0.6 is 23.4 Å².